The molecule has 0 aromatic heterocycles. The van der Waals surface area contributed by atoms with Gasteiger partial charge in [0.25, 0.3) is 11.7 Å². The van der Waals surface area contributed by atoms with E-state index in [1.165, 1.54) is 4.90 Å². The molecule has 196 valence electrons. The van der Waals surface area contributed by atoms with Crippen molar-refractivity contribution in [3.8, 4) is 17.2 Å². The molecule has 3 aromatic rings. The molecule has 0 aliphatic carbocycles. The monoisotopic (exact) mass is 513 g/mol. The Morgan fingerprint density at radius 3 is 2.55 bits per heavy atom. The SMILES string of the molecule is CCOc1ccc(N2C(=O)C(=O)/C(=C(\O)c3ccc4c(c3)CCCO4)C2c2cccc(C)c2)cc1OCC. The van der Waals surface area contributed by atoms with Crippen molar-refractivity contribution in [3.05, 3.63) is 88.5 Å². The van der Waals surface area contributed by atoms with Crippen LogP contribution < -0.4 is 19.1 Å². The number of anilines is 1. The number of aliphatic hydroxyl groups excluding tert-OH is 1. The highest BCUT2D eigenvalue weighted by Gasteiger charge is 2.47. The molecule has 2 aliphatic rings. The fourth-order valence-electron chi connectivity index (χ4n) is 5.11. The summed E-state index contributed by atoms with van der Waals surface area (Å²) >= 11 is 0. The van der Waals surface area contributed by atoms with Crippen molar-refractivity contribution in [3.63, 3.8) is 0 Å². The lowest BCUT2D eigenvalue weighted by Gasteiger charge is -2.26. The van der Waals surface area contributed by atoms with Gasteiger partial charge < -0.3 is 19.3 Å². The largest absolute Gasteiger partial charge is 0.507 e. The first-order valence-corrected chi connectivity index (χ1v) is 13.0. The summed E-state index contributed by atoms with van der Waals surface area (Å²) < 4.78 is 17.2. The van der Waals surface area contributed by atoms with Gasteiger partial charge in [-0.05, 0) is 75.1 Å². The van der Waals surface area contributed by atoms with Gasteiger partial charge in [-0.25, -0.2) is 0 Å². The van der Waals surface area contributed by atoms with E-state index in [0.717, 1.165) is 35.3 Å². The number of carbonyl (C=O) groups is 2. The average Bonchev–Trinajstić information content (AvgIpc) is 3.19. The Bertz CT molecular complexity index is 1430. The molecule has 1 saturated heterocycles. The molecule has 3 aromatic carbocycles. The Balaban J connectivity index is 1.68. The molecule has 0 bridgehead atoms. The van der Waals surface area contributed by atoms with Crippen LogP contribution in [0.2, 0.25) is 0 Å². The van der Waals surface area contributed by atoms with Crippen molar-refractivity contribution in [1.29, 1.82) is 0 Å². The van der Waals surface area contributed by atoms with Gasteiger partial charge in [0.2, 0.25) is 0 Å². The average molecular weight is 514 g/mol. The minimum atomic E-state index is -0.824. The lowest BCUT2D eigenvalue weighted by molar-refractivity contribution is -0.132. The minimum absolute atomic E-state index is 0.0455. The van der Waals surface area contributed by atoms with Crippen LogP contribution in [-0.2, 0) is 16.0 Å². The predicted octanol–water partition coefficient (Wildman–Crippen LogP) is 5.74. The van der Waals surface area contributed by atoms with Gasteiger partial charge in [0.05, 0.1) is 31.4 Å². The molecule has 2 aliphatic heterocycles. The number of aliphatic hydroxyl groups is 1. The van der Waals surface area contributed by atoms with Crippen molar-refractivity contribution < 1.29 is 28.9 Å². The quantitative estimate of drug-likeness (QED) is 0.246. The molecule has 1 unspecified atom stereocenters. The van der Waals surface area contributed by atoms with Crippen molar-refractivity contribution in [2.24, 2.45) is 0 Å². The van der Waals surface area contributed by atoms with E-state index in [9.17, 15) is 14.7 Å². The number of ether oxygens (including phenoxy) is 3. The lowest BCUT2D eigenvalue weighted by Crippen LogP contribution is -2.29. The lowest BCUT2D eigenvalue weighted by atomic mass is 9.93. The zero-order chi connectivity index (χ0) is 26.8. The van der Waals surface area contributed by atoms with Gasteiger partial charge in [-0.3, -0.25) is 14.5 Å². The Hall–Kier alpha value is -4.26. The van der Waals surface area contributed by atoms with Gasteiger partial charge in [-0.15, -0.1) is 0 Å². The zero-order valence-corrected chi connectivity index (χ0v) is 21.8. The summed E-state index contributed by atoms with van der Waals surface area (Å²) in [6.07, 6.45) is 1.70. The van der Waals surface area contributed by atoms with E-state index < -0.39 is 17.7 Å². The minimum Gasteiger partial charge on any atom is -0.507 e. The van der Waals surface area contributed by atoms with E-state index in [0.29, 0.717) is 42.6 Å². The molecule has 0 spiro atoms. The fraction of sp³-hybridized carbons (Fsp3) is 0.290. The molecule has 38 heavy (non-hydrogen) atoms. The number of benzene rings is 3. The van der Waals surface area contributed by atoms with E-state index in [-0.39, 0.29) is 11.3 Å². The van der Waals surface area contributed by atoms with Crippen LogP contribution >= 0.6 is 0 Å². The summed E-state index contributed by atoms with van der Waals surface area (Å²) in [6, 6.07) is 17.3. The molecular weight excluding hydrogens is 482 g/mol. The zero-order valence-electron chi connectivity index (χ0n) is 21.8. The van der Waals surface area contributed by atoms with Gasteiger partial charge in [-0.1, -0.05) is 29.8 Å². The number of ketones is 1. The first kappa shape index (κ1) is 25.4. The van der Waals surface area contributed by atoms with Crippen LogP contribution in [-0.4, -0.2) is 36.6 Å². The van der Waals surface area contributed by atoms with Gasteiger partial charge in [-0.2, -0.15) is 0 Å². The first-order chi connectivity index (χ1) is 18.4. The third kappa shape index (κ3) is 4.60. The topological polar surface area (TPSA) is 85.3 Å². The third-order valence-electron chi connectivity index (χ3n) is 6.79. The number of Topliss-reactive ketones (excluding diaryl/α,β-unsaturated/α-hetero) is 1. The number of amides is 1. The maximum atomic E-state index is 13.6. The summed E-state index contributed by atoms with van der Waals surface area (Å²) in [6.45, 7) is 7.22. The second-order valence-electron chi connectivity index (χ2n) is 9.35. The maximum Gasteiger partial charge on any atom is 0.300 e. The first-order valence-electron chi connectivity index (χ1n) is 13.0. The Labute approximate surface area is 222 Å². The summed E-state index contributed by atoms with van der Waals surface area (Å²) in [5.74, 6) is 0.147. The maximum absolute atomic E-state index is 13.6. The van der Waals surface area contributed by atoms with Gasteiger partial charge in [0, 0.05) is 17.3 Å². The summed E-state index contributed by atoms with van der Waals surface area (Å²) in [7, 11) is 0. The van der Waals surface area contributed by atoms with E-state index in [2.05, 4.69) is 0 Å². The van der Waals surface area contributed by atoms with E-state index in [1.807, 2.05) is 57.2 Å². The smallest absolute Gasteiger partial charge is 0.300 e. The number of hydrogen-bond acceptors (Lipinski definition) is 6. The Morgan fingerprint density at radius 2 is 1.79 bits per heavy atom. The van der Waals surface area contributed by atoms with Crippen molar-refractivity contribution >= 4 is 23.1 Å². The standard InChI is InChI=1S/C31H31NO6/c1-4-36-25-14-12-23(18-26(25)37-5-2)32-28(21-9-6-8-19(3)16-21)27(30(34)31(32)35)29(33)22-11-13-24-20(17-22)10-7-15-38-24/h6,8-9,11-14,16-18,28,33H,4-5,7,10,15H2,1-3H3/b29-27-. The van der Waals surface area contributed by atoms with Crippen LogP contribution in [0.5, 0.6) is 17.2 Å². The van der Waals surface area contributed by atoms with E-state index in [1.54, 1.807) is 24.3 Å². The van der Waals surface area contributed by atoms with Crippen LogP contribution in [0.25, 0.3) is 5.76 Å². The number of rotatable bonds is 7. The van der Waals surface area contributed by atoms with Gasteiger partial charge in [0.1, 0.15) is 11.5 Å². The number of fused-ring (bicyclic) bond motifs is 1. The fourth-order valence-corrected chi connectivity index (χ4v) is 5.11. The van der Waals surface area contributed by atoms with Crippen LogP contribution in [0.1, 0.15) is 48.6 Å². The molecule has 1 N–H and O–H groups in total. The molecule has 7 nitrogen and oxygen atoms in total. The molecule has 5 rings (SSSR count). The highest BCUT2D eigenvalue weighted by Crippen LogP contribution is 2.44. The molecule has 7 heteroatoms. The Kier molecular flexibility index (Phi) is 7.09. The predicted molar refractivity (Wildman–Crippen MR) is 145 cm³/mol. The molecular formula is C31H31NO6. The van der Waals surface area contributed by atoms with Gasteiger partial charge >= 0.3 is 0 Å². The van der Waals surface area contributed by atoms with Crippen molar-refractivity contribution in [2.45, 2.75) is 39.7 Å². The Morgan fingerprint density at radius 1 is 1.00 bits per heavy atom. The molecule has 1 fully saturated rings. The normalized spacial score (nSPS) is 18.2. The van der Waals surface area contributed by atoms with Crippen molar-refractivity contribution in [1.82, 2.24) is 0 Å². The number of nitrogens with zero attached hydrogens (tertiary/aromatic N) is 1. The summed E-state index contributed by atoms with van der Waals surface area (Å²) in [5.41, 5.74) is 3.66. The second kappa shape index (κ2) is 10.6. The van der Waals surface area contributed by atoms with Crippen LogP contribution in [0.15, 0.2) is 66.2 Å². The summed E-state index contributed by atoms with van der Waals surface area (Å²) in [4.78, 5) is 28.6. The van der Waals surface area contributed by atoms with Crippen LogP contribution in [0.4, 0.5) is 5.69 Å². The number of hydrogen-bond donors (Lipinski definition) is 1. The van der Waals surface area contributed by atoms with Gasteiger partial charge in [0.15, 0.2) is 11.5 Å². The molecule has 1 atom stereocenters. The third-order valence-corrected chi connectivity index (χ3v) is 6.79. The van der Waals surface area contributed by atoms with E-state index in [4.69, 9.17) is 14.2 Å². The van der Waals surface area contributed by atoms with Crippen LogP contribution in [0.3, 0.4) is 0 Å². The molecule has 0 radical (unpaired) electrons. The van der Waals surface area contributed by atoms with E-state index >= 15 is 0 Å². The highest BCUT2D eigenvalue weighted by molar-refractivity contribution is 6.51. The molecule has 2 heterocycles. The van der Waals surface area contributed by atoms with Crippen molar-refractivity contribution in [2.75, 3.05) is 24.7 Å². The highest BCUT2D eigenvalue weighted by atomic mass is 16.5. The summed E-state index contributed by atoms with van der Waals surface area (Å²) in [5, 5.41) is 11.5. The second-order valence-corrected chi connectivity index (χ2v) is 9.35. The molecule has 1 amide bonds. The number of carbonyl (C=O) groups excluding carboxylic acids is 2. The van der Waals surface area contributed by atoms with Crippen LogP contribution in [0, 0.1) is 6.92 Å². The molecule has 0 saturated carbocycles. The number of aryl methyl sites for hydroxylation is 2.